The molecule has 1 fully saturated rings. The van der Waals surface area contributed by atoms with Crippen molar-refractivity contribution in [3.8, 4) is 10.4 Å². The predicted octanol–water partition coefficient (Wildman–Crippen LogP) is 2.94. The molecule has 0 spiro atoms. The van der Waals surface area contributed by atoms with E-state index < -0.39 is 29.5 Å². The maximum Gasteiger partial charge on any atom is 0.246 e. The number of hydrogen-bond acceptors (Lipinski definition) is 8. The Labute approximate surface area is 237 Å². The number of carbonyl (C=O) groups excluding carboxylic acids is 3. The molecule has 3 atom stereocenters. The molecular weight excluding hydrogens is 534 g/mol. The summed E-state index contributed by atoms with van der Waals surface area (Å²) < 4.78 is 5.28. The van der Waals surface area contributed by atoms with Crippen molar-refractivity contribution in [1.29, 1.82) is 0 Å². The van der Waals surface area contributed by atoms with Gasteiger partial charge >= 0.3 is 0 Å². The molecule has 40 heavy (non-hydrogen) atoms. The monoisotopic (exact) mass is 571 g/mol. The van der Waals surface area contributed by atoms with Crippen LogP contribution in [0.2, 0.25) is 0 Å². The van der Waals surface area contributed by atoms with E-state index in [0.717, 1.165) is 21.7 Å². The topological polar surface area (TPSA) is 170 Å². The van der Waals surface area contributed by atoms with Crippen LogP contribution in [0.25, 0.3) is 20.9 Å². The number of hydrogen-bond donors (Lipinski definition) is 3. The van der Waals surface area contributed by atoms with E-state index in [1.54, 1.807) is 11.3 Å². The fourth-order valence-corrected chi connectivity index (χ4v) is 5.24. The predicted molar refractivity (Wildman–Crippen MR) is 151 cm³/mol. The van der Waals surface area contributed by atoms with Gasteiger partial charge in [0.1, 0.15) is 12.1 Å². The van der Waals surface area contributed by atoms with Crippen LogP contribution in [0.3, 0.4) is 0 Å². The summed E-state index contributed by atoms with van der Waals surface area (Å²) in [5.41, 5.74) is 12.4. The summed E-state index contributed by atoms with van der Waals surface area (Å²) in [6.07, 6.45) is -0.711. The second kappa shape index (κ2) is 14.2. The van der Waals surface area contributed by atoms with Crippen LogP contribution in [0.4, 0.5) is 0 Å². The number of aliphatic hydroxyl groups excluding tert-OH is 1. The van der Waals surface area contributed by atoms with E-state index in [1.807, 2.05) is 57.5 Å². The molecule has 3 rings (SSSR count). The number of azide groups is 1. The van der Waals surface area contributed by atoms with E-state index >= 15 is 0 Å². The molecule has 12 nitrogen and oxygen atoms in total. The third kappa shape index (κ3) is 8.49. The third-order valence-electron chi connectivity index (χ3n) is 6.58. The first kappa shape index (κ1) is 31.0. The standard InChI is InChI=1S/C27H37N7O5S/c1-17-23(40-16-30-17)19-7-5-18(6-8-19)14-29-25(37)21-13-20(35)15-34(21)26(38)24(27(2,3)4)32-22(36)9-11-39-12-10-31-33-28/h5-8,16,20-21,24,35H,9-15H2,1-4H3,(H,29,37)(H,32,36)/t20-,21+,24-/m1/s1. The summed E-state index contributed by atoms with van der Waals surface area (Å²) >= 11 is 1.57. The molecule has 3 N–H and O–H groups in total. The number of thiazole rings is 1. The van der Waals surface area contributed by atoms with E-state index in [9.17, 15) is 19.5 Å². The minimum atomic E-state index is -0.911. The Morgan fingerprint density at radius 1 is 1.27 bits per heavy atom. The first-order valence-corrected chi connectivity index (χ1v) is 14.0. The highest BCUT2D eigenvalue weighted by molar-refractivity contribution is 7.13. The van der Waals surface area contributed by atoms with E-state index in [-0.39, 0.29) is 57.5 Å². The summed E-state index contributed by atoms with van der Waals surface area (Å²) in [6.45, 7) is 8.18. The van der Waals surface area contributed by atoms with E-state index in [1.165, 1.54) is 4.90 Å². The number of aliphatic hydroxyl groups is 1. The molecule has 0 aliphatic carbocycles. The van der Waals surface area contributed by atoms with Crippen LogP contribution in [-0.4, -0.2) is 77.2 Å². The Hall–Kier alpha value is -3.51. The van der Waals surface area contributed by atoms with E-state index in [2.05, 4.69) is 25.6 Å². The van der Waals surface area contributed by atoms with Crippen molar-refractivity contribution in [2.45, 2.75) is 65.3 Å². The zero-order chi connectivity index (χ0) is 29.3. The van der Waals surface area contributed by atoms with Crippen LogP contribution in [0.1, 0.15) is 44.9 Å². The number of nitrogens with one attached hydrogen (secondary N) is 2. The van der Waals surface area contributed by atoms with Crippen molar-refractivity contribution < 1.29 is 24.2 Å². The molecule has 13 heteroatoms. The van der Waals surface area contributed by atoms with Gasteiger partial charge in [-0.15, -0.1) is 11.3 Å². The third-order valence-corrected chi connectivity index (χ3v) is 7.56. The number of ether oxygens (including phenoxy) is 1. The minimum Gasteiger partial charge on any atom is -0.391 e. The van der Waals surface area contributed by atoms with Gasteiger partial charge in [-0.05, 0) is 29.0 Å². The highest BCUT2D eigenvalue weighted by Crippen LogP contribution is 2.28. The molecule has 1 aromatic carbocycles. The van der Waals surface area contributed by atoms with Gasteiger partial charge in [0, 0.05) is 37.4 Å². The van der Waals surface area contributed by atoms with Gasteiger partial charge in [-0.3, -0.25) is 14.4 Å². The number of likely N-dealkylation sites (tertiary alicyclic amines) is 1. The zero-order valence-corrected chi connectivity index (χ0v) is 24.1. The van der Waals surface area contributed by atoms with Crippen molar-refractivity contribution >= 4 is 29.1 Å². The van der Waals surface area contributed by atoms with Crippen LogP contribution in [0, 0.1) is 12.3 Å². The molecule has 3 amide bonds. The van der Waals surface area contributed by atoms with Gasteiger partial charge in [-0.1, -0.05) is 50.2 Å². The number of β-amino-alcohol motifs (C(OH)–C–C–N with tert-alkyl or cyclic N) is 1. The minimum absolute atomic E-state index is 0.00475. The highest BCUT2D eigenvalue weighted by Gasteiger charge is 2.44. The van der Waals surface area contributed by atoms with Crippen molar-refractivity contribution in [2.75, 3.05) is 26.3 Å². The van der Waals surface area contributed by atoms with Crippen LogP contribution >= 0.6 is 11.3 Å². The Morgan fingerprint density at radius 3 is 2.62 bits per heavy atom. The molecule has 1 aromatic heterocycles. The molecule has 0 unspecified atom stereocenters. The van der Waals surface area contributed by atoms with Crippen molar-refractivity contribution in [2.24, 2.45) is 10.5 Å². The molecule has 0 bridgehead atoms. The fraction of sp³-hybridized carbons (Fsp3) is 0.556. The Bertz CT molecular complexity index is 1220. The summed E-state index contributed by atoms with van der Waals surface area (Å²) in [5, 5.41) is 19.4. The largest absolute Gasteiger partial charge is 0.391 e. The quantitative estimate of drug-likeness (QED) is 0.153. The van der Waals surface area contributed by atoms with Gasteiger partial charge in [-0.2, -0.15) is 0 Å². The fourth-order valence-electron chi connectivity index (χ4n) is 4.43. The molecule has 2 aromatic rings. The Morgan fingerprint density at radius 2 is 2.00 bits per heavy atom. The van der Waals surface area contributed by atoms with Crippen molar-refractivity contribution in [1.82, 2.24) is 20.5 Å². The summed E-state index contributed by atoms with van der Waals surface area (Å²) in [7, 11) is 0. The van der Waals surface area contributed by atoms with Crippen molar-refractivity contribution in [3.63, 3.8) is 0 Å². The average molecular weight is 572 g/mol. The zero-order valence-electron chi connectivity index (χ0n) is 23.3. The summed E-state index contributed by atoms with van der Waals surface area (Å²) in [6, 6.07) is 6.08. The second-order valence-electron chi connectivity index (χ2n) is 10.8. The van der Waals surface area contributed by atoms with Gasteiger partial charge in [0.15, 0.2) is 0 Å². The first-order valence-electron chi connectivity index (χ1n) is 13.1. The SMILES string of the molecule is Cc1ncsc1-c1ccc(CNC(=O)[C@@H]2C[C@@H](O)CN2C(=O)[C@@H](NC(=O)CCOCCN=[N+]=[N-])C(C)(C)C)cc1. The number of aryl methyl sites for hydroxylation is 1. The lowest BCUT2D eigenvalue weighted by Crippen LogP contribution is -2.57. The number of nitrogens with zero attached hydrogens (tertiary/aromatic N) is 5. The molecule has 1 aliphatic rings. The van der Waals surface area contributed by atoms with Crippen molar-refractivity contribution in [3.05, 3.63) is 51.5 Å². The van der Waals surface area contributed by atoms with Crippen LogP contribution in [0.15, 0.2) is 34.9 Å². The number of rotatable bonds is 12. The van der Waals surface area contributed by atoms with Crippen LogP contribution in [-0.2, 0) is 25.7 Å². The average Bonchev–Trinajstić information content (AvgIpc) is 3.52. The molecule has 1 aliphatic heterocycles. The van der Waals surface area contributed by atoms with Gasteiger partial charge in [0.05, 0.1) is 35.4 Å². The summed E-state index contributed by atoms with van der Waals surface area (Å²) in [5.74, 6) is -1.17. The van der Waals surface area contributed by atoms with E-state index in [0.29, 0.717) is 0 Å². The normalized spacial score (nSPS) is 17.7. The molecule has 2 heterocycles. The molecule has 0 saturated carbocycles. The molecular formula is C27H37N7O5S. The highest BCUT2D eigenvalue weighted by atomic mass is 32.1. The van der Waals surface area contributed by atoms with E-state index in [4.69, 9.17) is 10.3 Å². The van der Waals surface area contributed by atoms with Gasteiger partial charge in [0.25, 0.3) is 0 Å². The molecule has 0 radical (unpaired) electrons. The Kier molecular flexibility index (Phi) is 11.0. The van der Waals surface area contributed by atoms with Gasteiger partial charge < -0.3 is 25.4 Å². The number of aromatic nitrogens is 1. The number of amides is 3. The maximum absolute atomic E-state index is 13.6. The summed E-state index contributed by atoms with van der Waals surface area (Å²) in [4.78, 5) is 48.8. The number of benzene rings is 1. The smallest absolute Gasteiger partial charge is 0.246 e. The molecule has 1 saturated heterocycles. The van der Waals surface area contributed by atoms with Crippen LogP contribution in [0.5, 0.6) is 0 Å². The lowest BCUT2D eigenvalue weighted by Gasteiger charge is -2.35. The maximum atomic E-state index is 13.6. The Balaban J connectivity index is 1.60. The van der Waals surface area contributed by atoms with Gasteiger partial charge in [-0.25, -0.2) is 4.98 Å². The second-order valence-corrected chi connectivity index (χ2v) is 11.6. The first-order chi connectivity index (χ1) is 19.0. The lowest BCUT2D eigenvalue weighted by molar-refractivity contribution is -0.144. The van der Waals surface area contributed by atoms with Crippen LogP contribution < -0.4 is 10.6 Å². The number of carbonyl (C=O) groups is 3. The molecule has 216 valence electrons. The van der Waals surface area contributed by atoms with Gasteiger partial charge in [0.2, 0.25) is 17.7 Å². The lowest BCUT2D eigenvalue weighted by atomic mass is 9.85.